The highest BCUT2D eigenvalue weighted by Gasteiger charge is 2.20. The van der Waals surface area contributed by atoms with Crippen molar-refractivity contribution in [3.8, 4) is 5.88 Å². The maximum absolute atomic E-state index is 6.12. The number of nitrogens with one attached hydrogen (secondary N) is 1. The quantitative estimate of drug-likeness (QED) is 0.826. The third-order valence-corrected chi connectivity index (χ3v) is 3.13. The zero-order chi connectivity index (χ0) is 13.0. The van der Waals surface area contributed by atoms with Crippen LogP contribution in [0, 0.1) is 0 Å². The molecule has 1 aromatic heterocycles. The van der Waals surface area contributed by atoms with Gasteiger partial charge >= 0.3 is 0 Å². The van der Waals surface area contributed by atoms with E-state index in [9.17, 15) is 0 Å². The summed E-state index contributed by atoms with van der Waals surface area (Å²) in [6, 6.07) is 2.55. The molecule has 1 unspecified atom stereocenters. The Bertz CT molecular complexity index is 397. The third-order valence-electron chi connectivity index (χ3n) is 2.79. The summed E-state index contributed by atoms with van der Waals surface area (Å²) in [7, 11) is 1.65. The predicted octanol–water partition coefficient (Wildman–Crippen LogP) is 2.40. The predicted molar refractivity (Wildman–Crippen MR) is 71.1 cm³/mol. The van der Waals surface area contributed by atoms with Crippen LogP contribution in [0.3, 0.4) is 0 Å². The standard InChI is InChI=1S/C13H19ClN2O2/c1-9(8-17-2)18-13-5-10(12(14)7-16-13)6-15-11-3-4-11/h5,7,9,11,15H,3-4,6,8H2,1-2H3. The second-order valence-electron chi connectivity index (χ2n) is 4.65. The summed E-state index contributed by atoms with van der Waals surface area (Å²) in [5.74, 6) is 0.594. The smallest absolute Gasteiger partial charge is 0.213 e. The lowest BCUT2D eigenvalue weighted by Gasteiger charge is -2.14. The lowest BCUT2D eigenvalue weighted by molar-refractivity contribution is 0.0889. The zero-order valence-corrected chi connectivity index (χ0v) is 11.5. The summed E-state index contributed by atoms with van der Waals surface area (Å²) in [6.45, 7) is 3.25. The summed E-state index contributed by atoms with van der Waals surface area (Å²) in [6.07, 6.45) is 4.14. The van der Waals surface area contributed by atoms with Crippen LogP contribution >= 0.6 is 11.6 Å². The van der Waals surface area contributed by atoms with Crippen molar-refractivity contribution in [1.29, 1.82) is 0 Å². The Kier molecular flexibility index (Phi) is 4.80. The molecule has 5 heteroatoms. The summed E-state index contributed by atoms with van der Waals surface area (Å²) in [5.41, 5.74) is 1.03. The molecule has 4 nitrogen and oxygen atoms in total. The monoisotopic (exact) mass is 270 g/mol. The SMILES string of the molecule is COCC(C)Oc1cc(CNC2CC2)c(Cl)cn1. The van der Waals surface area contributed by atoms with Crippen LogP contribution < -0.4 is 10.1 Å². The number of nitrogens with zero attached hydrogens (tertiary/aromatic N) is 1. The van der Waals surface area contributed by atoms with Gasteiger partial charge in [-0.1, -0.05) is 11.6 Å². The number of hydrogen-bond donors (Lipinski definition) is 1. The van der Waals surface area contributed by atoms with Gasteiger partial charge in [-0.25, -0.2) is 4.98 Å². The van der Waals surface area contributed by atoms with Gasteiger partial charge in [0.15, 0.2) is 0 Å². The Balaban J connectivity index is 1.95. The van der Waals surface area contributed by atoms with Crippen LogP contribution in [0.1, 0.15) is 25.3 Å². The number of pyridine rings is 1. The van der Waals surface area contributed by atoms with Crippen molar-refractivity contribution < 1.29 is 9.47 Å². The van der Waals surface area contributed by atoms with Crippen LogP contribution in [-0.4, -0.2) is 30.8 Å². The van der Waals surface area contributed by atoms with E-state index in [2.05, 4.69) is 10.3 Å². The molecule has 1 saturated carbocycles. The van der Waals surface area contributed by atoms with E-state index in [1.54, 1.807) is 13.3 Å². The molecule has 0 aliphatic heterocycles. The molecular formula is C13H19ClN2O2. The molecule has 1 aliphatic rings. The van der Waals surface area contributed by atoms with Gasteiger partial charge in [0.25, 0.3) is 0 Å². The van der Waals surface area contributed by atoms with Crippen molar-refractivity contribution in [2.24, 2.45) is 0 Å². The minimum absolute atomic E-state index is 0.0204. The van der Waals surface area contributed by atoms with E-state index in [-0.39, 0.29) is 6.10 Å². The topological polar surface area (TPSA) is 43.4 Å². The van der Waals surface area contributed by atoms with Crippen molar-refractivity contribution in [3.05, 3.63) is 22.8 Å². The number of rotatable bonds is 7. The third kappa shape index (κ3) is 4.12. The lowest BCUT2D eigenvalue weighted by atomic mass is 10.2. The Morgan fingerprint density at radius 3 is 3.00 bits per heavy atom. The van der Waals surface area contributed by atoms with Crippen molar-refractivity contribution >= 4 is 11.6 Å². The largest absolute Gasteiger partial charge is 0.472 e. The molecule has 2 rings (SSSR count). The van der Waals surface area contributed by atoms with Gasteiger partial charge in [-0.05, 0) is 25.3 Å². The molecule has 18 heavy (non-hydrogen) atoms. The first-order chi connectivity index (χ1) is 8.69. The van der Waals surface area contributed by atoms with E-state index in [1.165, 1.54) is 12.8 Å². The minimum Gasteiger partial charge on any atom is -0.472 e. The lowest BCUT2D eigenvalue weighted by Crippen LogP contribution is -2.19. The molecule has 1 fully saturated rings. The van der Waals surface area contributed by atoms with Gasteiger partial charge in [-0.2, -0.15) is 0 Å². The van der Waals surface area contributed by atoms with Crippen LogP contribution in [0.5, 0.6) is 5.88 Å². The fraction of sp³-hybridized carbons (Fsp3) is 0.615. The molecule has 1 heterocycles. The van der Waals surface area contributed by atoms with E-state index in [0.717, 1.165) is 12.1 Å². The normalized spacial score (nSPS) is 16.6. The number of halogens is 1. The second kappa shape index (κ2) is 6.36. The van der Waals surface area contributed by atoms with Crippen LogP contribution in [0.15, 0.2) is 12.3 Å². The molecule has 0 radical (unpaired) electrons. The molecule has 1 atom stereocenters. The van der Waals surface area contributed by atoms with Crippen molar-refractivity contribution in [2.75, 3.05) is 13.7 Å². The van der Waals surface area contributed by atoms with Gasteiger partial charge in [-0.3, -0.25) is 0 Å². The molecule has 100 valence electrons. The van der Waals surface area contributed by atoms with Gasteiger partial charge in [0.2, 0.25) is 5.88 Å². The second-order valence-corrected chi connectivity index (χ2v) is 5.06. The number of methoxy groups -OCH3 is 1. The summed E-state index contributed by atoms with van der Waals surface area (Å²) < 4.78 is 10.7. The van der Waals surface area contributed by atoms with Crippen LogP contribution in [0.4, 0.5) is 0 Å². The Labute approximate surface area is 113 Å². The highest BCUT2D eigenvalue weighted by atomic mass is 35.5. The number of ether oxygens (including phenoxy) is 2. The van der Waals surface area contributed by atoms with Gasteiger partial charge < -0.3 is 14.8 Å². The maximum atomic E-state index is 6.12. The van der Waals surface area contributed by atoms with Gasteiger partial charge in [0.1, 0.15) is 6.10 Å². The average Bonchev–Trinajstić information content (AvgIpc) is 3.14. The van der Waals surface area contributed by atoms with Gasteiger partial charge in [0.05, 0.1) is 11.6 Å². The van der Waals surface area contributed by atoms with E-state index in [1.807, 2.05) is 13.0 Å². The maximum Gasteiger partial charge on any atom is 0.213 e. The molecular weight excluding hydrogens is 252 g/mol. The van der Waals surface area contributed by atoms with Crippen LogP contribution in [0.2, 0.25) is 5.02 Å². The van der Waals surface area contributed by atoms with Crippen molar-refractivity contribution in [2.45, 2.75) is 38.5 Å². The zero-order valence-electron chi connectivity index (χ0n) is 10.8. The first-order valence-electron chi connectivity index (χ1n) is 6.22. The molecule has 0 aromatic carbocycles. The van der Waals surface area contributed by atoms with E-state index in [0.29, 0.717) is 23.6 Å². The van der Waals surface area contributed by atoms with Crippen LogP contribution in [0.25, 0.3) is 0 Å². The Morgan fingerprint density at radius 2 is 2.33 bits per heavy atom. The van der Waals surface area contributed by atoms with E-state index < -0.39 is 0 Å². The fourth-order valence-corrected chi connectivity index (χ4v) is 1.85. The first-order valence-corrected chi connectivity index (χ1v) is 6.60. The number of aromatic nitrogens is 1. The van der Waals surface area contributed by atoms with Gasteiger partial charge in [-0.15, -0.1) is 0 Å². The first kappa shape index (κ1) is 13.6. The Morgan fingerprint density at radius 1 is 1.56 bits per heavy atom. The highest BCUT2D eigenvalue weighted by Crippen LogP contribution is 2.23. The molecule has 1 aromatic rings. The van der Waals surface area contributed by atoms with E-state index >= 15 is 0 Å². The molecule has 1 N–H and O–H groups in total. The van der Waals surface area contributed by atoms with Gasteiger partial charge in [0, 0.05) is 32.0 Å². The molecule has 0 spiro atoms. The van der Waals surface area contributed by atoms with Crippen molar-refractivity contribution in [3.63, 3.8) is 0 Å². The number of hydrogen-bond acceptors (Lipinski definition) is 4. The molecule has 0 saturated heterocycles. The molecule has 0 amide bonds. The Hall–Kier alpha value is -0.840. The van der Waals surface area contributed by atoms with E-state index in [4.69, 9.17) is 21.1 Å². The summed E-state index contributed by atoms with van der Waals surface area (Å²) in [5, 5.41) is 4.10. The summed E-state index contributed by atoms with van der Waals surface area (Å²) >= 11 is 6.12. The molecule has 1 aliphatic carbocycles. The molecule has 0 bridgehead atoms. The van der Waals surface area contributed by atoms with Crippen LogP contribution in [-0.2, 0) is 11.3 Å². The fourth-order valence-electron chi connectivity index (χ4n) is 1.67. The summed E-state index contributed by atoms with van der Waals surface area (Å²) in [4.78, 5) is 4.17. The highest BCUT2D eigenvalue weighted by molar-refractivity contribution is 6.31. The minimum atomic E-state index is -0.0204. The van der Waals surface area contributed by atoms with Crippen molar-refractivity contribution in [1.82, 2.24) is 10.3 Å². The average molecular weight is 271 g/mol.